The Kier molecular flexibility index (Phi) is 5.39. The first kappa shape index (κ1) is 16.0. The van der Waals surface area contributed by atoms with Crippen LogP contribution in [0.25, 0.3) is 0 Å². The highest BCUT2D eigenvalue weighted by molar-refractivity contribution is 9.10. The Labute approximate surface area is 133 Å². The average molecular weight is 354 g/mol. The van der Waals surface area contributed by atoms with Gasteiger partial charge in [-0.15, -0.1) is 0 Å². The molecule has 1 aromatic rings. The minimum absolute atomic E-state index is 0.0170. The summed E-state index contributed by atoms with van der Waals surface area (Å²) >= 11 is 3.44. The van der Waals surface area contributed by atoms with Crippen LogP contribution in [0.3, 0.4) is 0 Å². The van der Waals surface area contributed by atoms with Gasteiger partial charge in [0, 0.05) is 16.1 Å². The van der Waals surface area contributed by atoms with E-state index in [4.69, 9.17) is 4.74 Å². The van der Waals surface area contributed by atoms with Crippen LogP contribution < -0.4 is 5.32 Å². The molecule has 1 saturated carbocycles. The molecule has 21 heavy (non-hydrogen) atoms. The number of halogens is 1. The summed E-state index contributed by atoms with van der Waals surface area (Å²) in [7, 11) is 1.42. The van der Waals surface area contributed by atoms with Gasteiger partial charge in [0.15, 0.2) is 0 Å². The van der Waals surface area contributed by atoms with Gasteiger partial charge < -0.3 is 10.1 Å². The first-order valence-electron chi connectivity index (χ1n) is 7.16. The second-order valence-corrected chi connectivity index (χ2v) is 6.36. The summed E-state index contributed by atoms with van der Waals surface area (Å²) in [5, 5.41) is 3.05. The Bertz CT molecular complexity index is 536. The van der Waals surface area contributed by atoms with Crippen LogP contribution in [-0.4, -0.2) is 25.0 Å². The van der Waals surface area contributed by atoms with Crippen molar-refractivity contribution in [1.29, 1.82) is 0 Å². The SMILES string of the molecule is COC(=O)C1CCC(NC(=O)c2ccc(C)c(Br)c2)CC1. The van der Waals surface area contributed by atoms with Crippen LogP contribution in [0, 0.1) is 12.8 Å². The van der Waals surface area contributed by atoms with Crippen LogP contribution in [-0.2, 0) is 9.53 Å². The molecule has 4 nitrogen and oxygen atoms in total. The Morgan fingerprint density at radius 2 is 1.90 bits per heavy atom. The molecule has 1 aromatic carbocycles. The highest BCUT2D eigenvalue weighted by Crippen LogP contribution is 2.25. The van der Waals surface area contributed by atoms with Gasteiger partial charge in [0.1, 0.15) is 0 Å². The number of aryl methyl sites for hydroxylation is 1. The maximum Gasteiger partial charge on any atom is 0.308 e. The molecule has 0 bridgehead atoms. The largest absolute Gasteiger partial charge is 0.469 e. The first-order chi connectivity index (χ1) is 10.0. The van der Waals surface area contributed by atoms with Gasteiger partial charge in [-0.2, -0.15) is 0 Å². The molecule has 5 heteroatoms. The van der Waals surface area contributed by atoms with Crippen molar-refractivity contribution < 1.29 is 14.3 Å². The van der Waals surface area contributed by atoms with Crippen LogP contribution in [0.4, 0.5) is 0 Å². The van der Waals surface area contributed by atoms with Gasteiger partial charge in [-0.05, 0) is 50.3 Å². The van der Waals surface area contributed by atoms with Crippen molar-refractivity contribution in [3.63, 3.8) is 0 Å². The molecule has 114 valence electrons. The second kappa shape index (κ2) is 7.07. The lowest BCUT2D eigenvalue weighted by molar-refractivity contribution is -0.146. The topological polar surface area (TPSA) is 55.4 Å². The summed E-state index contributed by atoms with van der Waals surface area (Å²) in [6, 6.07) is 5.73. The third-order valence-electron chi connectivity index (χ3n) is 4.03. The lowest BCUT2D eigenvalue weighted by atomic mass is 9.86. The Balaban J connectivity index is 1.89. The molecule has 0 aromatic heterocycles. The molecule has 0 unspecified atom stereocenters. The second-order valence-electron chi connectivity index (χ2n) is 5.51. The van der Waals surface area contributed by atoms with E-state index in [1.165, 1.54) is 7.11 Å². The fourth-order valence-corrected chi connectivity index (χ4v) is 3.02. The van der Waals surface area contributed by atoms with E-state index in [9.17, 15) is 9.59 Å². The zero-order chi connectivity index (χ0) is 15.4. The standard InChI is InChI=1S/C16H20BrNO3/c1-10-3-4-12(9-14(10)17)15(19)18-13-7-5-11(6-8-13)16(20)21-2/h3-4,9,11,13H,5-8H2,1-2H3,(H,18,19). The summed E-state index contributed by atoms with van der Waals surface area (Å²) in [5.41, 5.74) is 1.76. The first-order valence-corrected chi connectivity index (χ1v) is 7.95. The third kappa shape index (κ3) is 4.06. The summed E-state index contributed by atoms with van der Waals surface area (Å²) in [5.74, 6) is -0.212. The van der Waals surface area contributed by atoms with Crippen molar-refractivity contribution in [3.8, 4) is 0 Å². The van der Waals surface area contributed by atoms with Crippen molar-refractivity contribution >= 4 is 27.8 Å². The fourth-order valence-electron chi connectivity index (χ4n) is 2.64. The van der Waals surface area contributed by atoms with Crippen molar-refractivity contribution in [3.05, 3.63) is 33.8 Å². The molecule has 0 heterocycles. The lowest BCUT2D eigenvalue weighted by Gasteiger charge is -2.27. The molecule has 1 aliphatic rings. The number of methoxy groups -OCH3 is 1. The van der Waals surface area contributed by atoms with Gasteiger partial charge in [-0.1, -0.05) is 22.0 Å². The Morgan fingerprint density at radius 1 is 1.24 bits per heavy atom. The molecule has 1 fully saturated rings. The number of amides is 1. The van der Waals surface area contributed by atoms with Crippen LogP contribution in [0.5, 0.6) is 0 Å². The zero-order valence-corrected chi connectivity index (χ0v) is 13.9. The Morgan fingerprint density at radius 3 is 2.48 bits per heavy atom. The highest BCUT2D eigenvalue weighted by atomic mass is 79.9. The summed E-state index contributed by atoms with van der Waals surface area (Å²) < 4.78 is 5.70. The summed E-state index contributed by atoms with van der Waals surface area (Å²) in [6.45, 7) is 1.99. The third-order valence-corrected chi connectivity index (χ3v) is 4.89. The van der Waals surface area contributed by atoms with E-state index in [1.54, 1.807) is 0 Å². The minimum atomic E-state index is -0.137. The maximum atomic E-state index is 12.2. The average Bonchev–Trinajstić information content (AvgIpc) is 2.50. The summed E-state index contributed by atoms with van der Waals surface area (Å²) in [6.07, 6.45) is 3.18. The van der Waals surface area contributed by atoms with Crippen LogP contribution >= 0.6 is 15.9 Å². The quantitative estimate of drug-likeness (QED) is 0.848. The maximum absolute atomic E-state index is 12.2. The molecule has 1 amide bonds. The normalized spacial score (nSPS) is 21.7. The van der Waals surface area contributed by atoms with Crippen LogP contribution in [0.2, 0.25) is 0 Å². The Hall–Kier alpha value is -1.36. The number of ether oxygens (including phenoxy) is 1. The molecule has 0 saturated heterocycles. The van der Waals surface area contributed by atoms with E-state index in [2.05, 4.69) is 21.2 Å². The predicted molar refractivity (Wildman–Crippen MR) is 84.1 cm³/mol. The van der Waals surface area contributed by atoms with Crippen molar-refractivity contribution in [2.45, 2.75) is 38.6 Å². The van der Waals surface area contributed by atoms with Crippen LogP contribution in [0.1, 0.15) is 41.6 Å². The lowest BCUT2D eigenvalue weighted by Crippen LogP contribution is -2.38. The molecule has 0 radical (unpaired) electrons. The smallest absolute Gasteiger partial charge is 0.308 e. The number of esters is 1. The monoisotopic (exact) mass is 353 g/mol. The van der Waals surface area contributed by atoms with Crippen molar-refractivity contribution in [1.82, 2.24) is 5.32 Å². The number of carbonyl (C=O) groups excluding carboxylic acids is 2. The van der Waals surface area contributed by atoms with Crippen molar-refractivity contribution in [2.75, 3.05) is 7.11 Å². The number of carbonyl (C=O) groups is 2. The molecular formula is C16H20BrNO3. The van der Waals surface area contributed by atoms with E-state index in [-0.39, 0.29) is 23.8 Å². The number of rotatable bonds is 3. The highest BCUT2D eigenvalue weighted by Gasteiger charge is 2.27. The van der Waals surface area contributed by atoms with E-state index in [0.717, 1.165) is 35.7 Å². The van der Waals surface area contributed by atoms with Gasteiger partial charge >= 0.3 is 5.97 Å². The number of benzene rings is 1. The van der Waals surface area contributed by atoms with Crippen LogP contribution in [0.15, 0.2) is 22.7 Å². The molecule has 0 spiro atoms. The molecule has 0 aliphatic heterocycles. The molecule has 2 rings (SSSR count). The number of hydrogen-bond donors (Lipinski definition) is 1. The molecule has 0 atom stereocenters. The number of nitrogens with one attached hydrogen (secondary N) is 1. The minimum Gasteiger partial charge on any atom is -0.469 e. The molecular weight excluding hydrogens is 334 g/mol. The number of hydrogen-bond acceptors (Lipinski definition) is 3. The van der Waals surface area contributed by atoms with Gasteiger partial charge in [0.05, 0.1) is 13.0 Å². The van der Waals surface area contributed by atoms with E-state index in [0.29, 0.717) is 5.56 Å². The fraction of sp³-hybridized carbons (Fsp3) is 0.500. The van der Waals surface area contributed by atoms with E-state index < -0.39 is 0 Å². The summed E-state index contributed by atoms with van der Waals surface area (Å²) in [4.78, 5) is 23.7. The molecule has 1 aliphatic carbocycles. The van der Waals surface area contributed by atoms with Gasteiger partial charge in [0.2, 0.25) is 0 Å². The van der Waals surface area contributed by atoms with E-state index in [1.807, 2.05) is 25.1 Å². The van der Waals surface area contributed by atoms with Gasteiger partial charge in [0.25, 0.3) is 5.91 Å². The predicted octanol–water partition coefficient (Wildman–Crippen LogP) is 3.22. The zero-order valence-electron chi connectivity index (χ0n) is 12.3. The van der Waals surface area contributed by atoms with Crippen molar-refractivity contribution in [2.24, 2.45) is 5.92 Å². The van der Waals surface area contributed by atoms with Gasteiger partial charge in [-0.3, -0.25) is 9.59 Å². The van der Waals surface area contributed by atoms with Gasteiger partial charge in [-0.25, -0.2) is 0 Å². The van der Waals surface area contributed by atoms with E-state index >= 15 is 0 Å². The molecule has 1 N–H and O–H groups in total.